The van der Waals surface area contributed by atoms with Crippen molar-refractivity contribution in [3.8, 4) is 0 Å². The summed E-state index contributed by atoms with van der Waals surface area (Å²) in [7, 11) is 0. The third-order valence-corrected chi connectivity index (χ3v) is 4.87. The molecule has 1 amide bonds. The molecule has 0 bridgehead atoms. The molecule has 1 saturated heterocycles. The van der Waals surface area contributed by atoms with Gasteiger partial charge in [-0.05, 0) is 35.4 Å². The highest BCUT2D eigenvalue weighted by Gasteiger charge is 2.21. The molecule has 2 rings (SSSR count). The van der Waals surface area contributed by atoms with E-state index in [4.69, 9.17) is 0 Å². The van der Waals surface area contributed by atoms with Crippen molar-refractivity contribution in [2.75, 3.05) is 18.2 Å². The summed E-state index contributed by atoms with van der Waals surface area (Å²) in [6.45, 7) is 9.55. The Balaban J connectivity index is 1.87. The van der Waals surface area contributed by atoms with Crippen molar-refractivity contribution in [3.05, 3.63) is 34.9 Å². The van der Waals surface area contributed by atoms with E-state index in [0.29, 0.717) is 6.54 Å². The van der Waals surface area contributed by atoms with Crippen LogP contribution in [0.2, 0.25) is 0 Å². The summed E-state index contributed by atoms with van der Waals surface area (Å²) in [5, 5.41) is 6.22. The third-order valence-electron chi connectivity index (χ3n) is 3.93. The van der Waals surface area contributed by atoms with Crippen molar-refractivity contribution in [1.82, 2.24) is 10.6 Å². The van der Waals surface area contributed by atoms with E-state index in [1.807, 2.05) is 0 Å². The Morgan fingerprint density at radius 3 is 2.76 bits per heavy atom. The van der Waals surface area contributed by atoms with Gasteiger partial charge in [-0.3, -0.25) is 10.1 Å². The zero-order valence-corrected chi connectivity index (χ0v) is 14.3. The van der Waals surface area contributed by atoms with E-state index in [9.17, 15) is 4.79 Å². The lowest BCUT2D eigenvalue weighted by Crippen LogP contribution is -2.42. The van der Waals surface area contributed by atoms with Gasteiger partial charge in [-0.25, -0.2) is 0 Å². The van der Waals surface area contributed by atoms with Gasteiger partial charge in [-0.15, -0.1) is 11.8 Å². The third kappa shape index (κ3) is 4.48. The van der Waals surface area contributed by atoms with E-state index in [0.717, 1.165) is 18.1 Å². The van der Waals surface area contributed by atoms with E-state index in [1.165, 1.54) is 16.7 Å². The van der Waals surface area contributed by atoms with Crippen molar-refractivity contribution in [2.24, 2.45) is 0 Å². The number of carbonyl (C=O) groups is 1. The van der Waals surface area contributed by atoms with Gasteiger partial charge in [-0.1, -0.05) is 39.0 Å². The van der Waals surface area contributed by atoms with Crippen LogP contribution in [-0.2, 0) is 16.6 Å². The normalized spacial score (nSPS) is 18.8. The van der Waals surface area contributed by atoms with Gasteiger partial charge >= 0.3 is 0 Å². The van der Waals surface area contributed by atoms with Crippen molar-refractivity contribution >= 4 is 17.7 Å². The molecule has 2 N–H and O–H groups in total. The Hall–Kier alpha value is -1.000. The van der Waals surface area contributed by atoms with E-state index in [1.54, 1.807) is 11.8 Å². The first-order valence-electron chi connectivity index (χ1n) is 7.57. The predicted molar refractivity (Wildman–Crippen MR) is 90.8 cm³/mol. The first-order valence-corrected chi connectivity index (χ1v) is 8.72. The first kappa shape index (κ1) is 16.4. The van der Waals surface area contributed by atoms with Gasteiger partial charge in [0.05, 0.1) is 6.04 Å². The number of hydrogen-bond donors (Lipinski definition) is 2. The number of carbonyl (C=O) groups excluding carboxylic acids is 1. The molecule has 1 atom stereocenters. The minimum Gasteiger partial charge on any atom is -0.354 e. The summed E-state index contributed by atoms with van der Waals surface area (Å²) in [5.74, 6) is 1.89. The second-order valence-electron chi connectivity index (χ2n) is 6.70. The van der Waals surface area contributed by atoms with Gasteiger partial charge in [0.15, 0.2) is 0 Å². The van der Waals surface area contributed by atoms with E-state index >= 15 is 0 Å². The molecule has 1 aromatic carbocycles. The molecule has 0 aromatic heterocycles. The zero-order chi connectivity index (χ0) is 15.5. The molecule has 116 valence electrons. The summed E-state index contributed by atoms with van der Waals surface area (Å²) < 4.78 is 0. The lowest BCUT2D eigenvalue weighted by Gasteiger charge is -2.20. The minimum absolute atomic E-state index is 0.0145. The van der Waals surface area contributed by atoms with E-state index in [2.05, 4.69) is 56.5 Å². The van der Waals surface area contributed by atoms with Gasteiger partial charge in [0.2, 0.25) is 5.91 Å². The van der Waals surface area contributed by atoms with Crippen LogP contribution in [-0.4, -0.2) is 30.1 Å². The summed E-state index contributed by atoms with van der Waals surface area (Å²) in [6, 6.07) is 6.66. The zero-order valence-electron chi connectivity index (χ0n) is 13.5. The highest BCUT2D eigenvalue weighted by Crippen LogP contribution is 2.24. The number of amides is 1. The Bertz CT molecular complexity index is 502. The number of thioether (sulfide) groups is 1. The Morgan fingerprint density at radius 1 is 1.43 bits per heavy atom. The molecule has 1 heterocycles. The molecule has 1 aliphatic rings. The number of nitrogens with one attached hydrogen (secondary N) is 2. The van der Waals surface area contributed by atoms with Gasteiger partial charge in [0.25, 0.3) is 0 Å². The average Bonchev–Trinajstić information content (AvgIpc) is 2.93. The SMILES string of the molecule is Cc1cc(C(C)(C)C)ccc1CCNC(=O)C1CSCN1. The average molecular weight is 306 g/mol. The predicted octanol–water partition coefficient (Wildman–Crippen LogP) is 2.61. The Labute approximate surface area is 132 Å². The maximum absolute atomic E-state index is 11.9. The Kier molecular flexibility index (Phi) is 5.33. The second kappa shape index (κ2) is 6.84. The fraction of sp³-hybridized carbons (Fsp3) is 0.588. The number of rotatable bonds is 4. The highest BCUT2D eigenvalue weighted by atomic mass is 32.2. The van der Waals surface area contributed by atoms with Crippen molar-refractivity contribution in [1.29, 1.82) is 0 Å². The molecule has 1 fully saturated rings. The number of benzene rings is 1. The maximum Gasteiger partial charge on any atom is 0.238 e. The molecule has 0 radical (unpaired) electrons. The Morgan fingerprint density at radius 2 is 2.19 bits per heavy atom. The molecule has 1 aliphatic heterocycles. The van der Waals surface area contributed by atoms with Crippen LogP contribution in [0.1, 0.15) is 37.5 Å². The topological polar surface area (TPSA) is 41.1 Å². The minimum atomic E-state index is -0.0145. The van der Waals surface area contributed by atoms with E-state index < -0.39 is 0 Å². The van der Waals surface area contributed by atoms with E-state index in [-0.39, 0.29) is 17.4 Å². The quantitative estimate of drug-likeness (QED) is 0.898. The summed E-state index contributed by atoms with van der Waals surface area (Å²) in [4.78, 5) is 11.9. The fourth-order valence-corrected chi connectivity index (χ4v) is 3.39. The molecule has 3 nitrogen and oxygen atoms in total. The lowest BCUT2D eigenvalue weighted by molar-refractivity contribution is -0.122. The first-order chi connectivity index (χ1) is 9.88. The van der Waals surface area contributed by atoms with Crippen molar-refractivity contribution < 1.29 is 4.79 Å². The number of aryl methyl sites for hydroxylation is 1. The van der Waals surface area contributed by atoms with Crippen LogP contribution in [0.15, 0.2) is 18.2 Å². The molecule has 4 heteroatoms. The highest BCUT2D eigenvalue weighted by molar-refractivity contribution is 7.99. The van der Waals surface area contributed by atoms with Gasteiger partial charge in [0, 0.05) is 18.2 Å². The molecule has 0 aliphatic carbocycles. The van der Waals surface area contributed by atoms with Crippen molar-refractivity contribution in [2.45, 2.75) is 45.6 Å². The van der Waals surface area contributed by atoms with Gasteiger partial charge < -0.3 is 5.32 Å². The summed E-state index contributed by atoms with van der Waals surface area (Å²) in [5.41, 5.74) is 4.17. The summed E-state index contributed by atoms with van der Waals surface area (Å²) in [6.07, 6.45) is 0.891. The van der Waals surface area contributed by atoms with Crippen molar-refractivity contribution in [3.63, 3.8) is 0 Å². The second-order valence-corrected chi connectivity index (χ2v) is 7.73. The van der Waals surface area contributed by atoms with Crippen LogP contribution in [0.5, 0.6) is 0 Å². The maximum atomic E-state index is 11.9. The van der Waals surface area contributed by atoms with Gasteiger partial charge in [0.1, 0.15) is 0 Å². The van der Waals surface area contributed by atoms with Crippen LogP contribution >= 0.6 is 11.8 Å². The monoisotopic (exact) mass is 306 g/mol. The smallest absolute Gasteiger partial charge is 0.238 e. The standard InChI is InChI=1S/C17H26N2OS/c1-12-9-14(17(2,3)4)6-5-13(12)7-8-18-16(20)15-10-21-11-19-15/h5-6,9,15,19H,7-8,10-11H2,1-4H3,(H,18,20). The molecular formula is C17H26N2OS. The lowest BCUT2D eigenvalue weighted by atomic mass is 9.85. The molecule has 1 unspecified atom stereocenters. The van der Waals surface area contributed by atoms with Crippen LogP contribution < -0.4 is 10.6 Å². The molecule has 1 aromatic rings. The fourth-order valence-electron chi connectivity index (χ4n) is 2.45. The molecule has 0 saturated carbocycles. The van der Waals surface area contributed by atoms with Gasteiger partial charge in [-0.2, -0.15) is 0 Å². The van der Waals surface area contributed by atoms with Crippen LogP contribution in [0.25, 0.3) is 0 Å². The van der Waals surface area contributed by atoms with Crippen LogP contribution in [0.4, 0.5) is 0 Å². The van der Waals surface area contributed by atoms with Crippen LogP contribution in [0.3, 0.4) is 0 Å². The van der Waals surface area contributed by atoms with Crippen LogP contribution in [0, 0.1) is 6.92 Å². The number of hydrogen-bond acceptors (Lipinski definition) is 3. The summed E-state index contributed by atoms with van der Waals surface area (Å²) >= 11 is 1.77. The molecule has 21 heavy (non-hydrogen) atoms. The largest absolute Gasteiger partial charge is 0.354 e. The molecule has 0 spiro atoms. The molecular weight excluding hydrogens is 280 g/mol.